The van der Waals surface area contributed by atoms with Crippen LogP contribution in [0, 0.1) is 11.3 Å². The molecule has 1 aliphatic rings. The van der Waals surface area contributed by atoms with E-state index in [1.165, 1.54) is 0 Å². The summed E-state index contributed by atoms with van der Waals surface area (Å²) >= 11 is 11.9. The van der Waals surface area contributed by atoms with Crippen molar-refractivity contribution in [2.45, 2.75) is 18.9 Å². The molecule has 0 radical (unpaired) electrons. The summed E-state index contributed by atoms with van der Waals surface area (Å²) in [6.07, 6.45) is 1.82. The third-order valence-corrected chi connectivity index (χ3v) is 4.06. The van der Waals surface area contributed by atoms with E-state index in [1.807, 2.05) is 24.3 Å². The quantitative estimate of drug-likeness (QED) is 0.873. The molecule has 1 N–H and O–H groups in total. The van der Waals surface area contributed by atoms with Gasteiger partial charge in [0.15, 0.2) is 5.69 Å². The van der Waals surface area contributed by atoms with Crippen LogP contribution < -0.4 is 10.1 Å². The van der Waals surface area contributed by atoms with Crippen molar-refractivity contribution in [3.63, 3.8) is 0 Å². The zero-order chi connectivity index (χ0) is 15.5. The van der Waals surface area contributed by atoms with Gasteiger partial charge >= 0.3 is 0 Å². The number of hydrogen-bond donors (Lipinski definition) is 1. The lowest BCUT2D eigenvalue weighted by Gasteiger charge is -2.19. The molecule has 0 saturated carbocycles. The number of fused-ring (bicyclic) bond motifs is 1. The number of halogens is 2. The van der Waals surface area contributed by atoms with Gasteiger partial charge < -0.3 is 10.1 Å². The van der Waals surface area contributed by atoms with Crippen molar-refractivity contribution in [1.29, 1.82) is 5.26 Å². The van der Waals surface area contributed by atoms with E-state index < -0.39 is 0 Å². The molecule has 2 aromatic rings. The first-order valence-electron chi connectivity index (χ1n) is 6.93. The molecule has 2 heterocycles. The largest absolute Gasteiger partial charge is 0.493 e. The summed E-state index contributed by atoms with van der Waals surface area (Å²) in [5, 5.41) is 13.4. The standard InChI is InChI=1S/C16H13Cl2N3O/c17-10-3-4-11-13(2-1-7-22-15(11)8-10)20-16-6-5-12(18)14(9-19)21-16/h3-6,8,13H,1-2,7H2,(H,20,21). The predicted molar refractivity (Wildman–Crippen MR) is 86.5 cm³/mol. The minimum absolute atomic E-state index is 0.0509. The summed E-state index contributed by atoms with van der Waals surface area (Å²) in [6.45, 7) is 0.656. The van der Waals surface area contributed by atoms with Crippen LogP contribution in [0.1, 0.15) is 30.1 Å². The average molecular weight is 334 g/mol. The Hall–Kier alpha value is -1.96. The third-order valence-electron chi connectivity index (χ3n) is 3.52. The number of rotatable bonds is 2. The second-order valence-electron chi connectivity index (χ2n) is 5.01. The number of nitrogens with one attached hydrogen (secondary N) is 1. The molecular weight excluding hydrogens is 321 g/mol. The van der Waals surface area contributed by atoms with Crippen LogP contribution in [-0.4, -0.2) is 11.6 Å². The monoisotopic (exact) mass is 333 g/mol. The molecule has 0 amide bonds. The van der Waals surface area contributed by atoms with E-state index in [1.54, 1.807) is 12.1 Å². The molecular formula is C16H13Cl2N3O. The van der Waals surface area contributed by atoms with Crippen LogP contribution in [0.3, 0.4) is 0 Å². The van der Waals surface area contributed by atoms with Crippen LogP contribution in [0.2, 0.25) is 10.0 Å². The van der Waals surface area contributed by atoms with E-state index in [2.05, 4.69) is 10.3 Å². The summed E-state index contributed by atoms with van der Waals surface area (Å²) in [4.78, 5) is 4.23. The van der Waals surface area contributed by atoms with Gasteiger partial charge in [-0.25, -0.2) is 4.98 Å². The molecule has 3 rings (SSSR count). The van der Waals surface area contributed by atoms with Gasteiger partial charge in [0.1, 0.15) is 17.6 Å². The zero-order valence-corrected chi connectivity index (χ0v) is 13.2. The van der Waals surface area contributed by atoms with Gasteiger partial charge in [-0.1, -0.05) is 29.3 Å². The lowest BCUT2D eigenvalue weighted by atomic mass is 10.0. The highest BCUT2D eigenvalue weighted by Crippen LogP contribution is 2.35. The molecule has 0 spiro atoms. The minimum atomic E-state index is 0.0509. The topological polar surface area (TPSA) is 57.9 Å². The van der Waals surface area contributed by atoms with Gasteiger partial charge in [0.2, 0.25) is 0 Å². The fourth-order valence-electron chi connectivity index (χ4n) is 2.48. The van der Waals surface area contributed by atoms with Crippen LogP contribution in [0.25, 0.3) is 0 Å². The number of benzene rings is 1. The molecule has 0 aliphatic carbocycles. The van der Waals surface area contributed by atoms with E-state index in [4.69, 9.17) is 33.2 Å². The van der Waals surface area contributed by atoms with Crippen LogP contribution in [-0.2, 0) is 0 Å². The smallest absolute Gasteiger partial charge is 0.161 e. The second kappa shape index (κ2) is 6.43. The van der Waals surface area contributed by atoms with E-state index >= 15 is 0 Å². The van der Waals surface area contributed by atoms with Crippen LogP contribution >= 0.6 is 23.2 Å². The second-order valence-corrected chi connectivity index (χ2v) is 5.85. The number of aromatic nitrogens is 1. The number of anilines is 1. The first kappa shape index (κ1) is 15.0. The summed E-state index contributed by atoms with van der Waals surface area (Å²) in [6, 6.07) is 11.1. The fraction of sp³-hybridized carbons (Fsp3) is 0.250. The molecule has 22 heavy (non-hydrogen) atoms. The highest BCUT2D eigenvalue weighted by molar-refractivity contribution is 6.31. The Labute approximate surface area is 138 Å². The SMILES string of the molecule is N#Cc1nc(NC2CCCOc3cc(Cl)ccc32)ccc1Cl. The number of pyridine rings is 1. The van der Waals surface area contributed by atoms with Crippen molar-refractivity contribution in [1.82, 2.24) is 4.98 Å². The molecule has 1 atom stereocenters. The van der Waals surface area contributed by atoms with Crippen molar-refractivity contribution in [3.05, 3.63) is 51.6 Å². The lowest BCUT2D eigenvalue weighted by molar-refractivity contribution is 0.316. The molecule has 0 fully saturated rings. The normalized spacial score (nSPS) is 16.9. The fourth-order valence-corrected chi connectivity index (χ4v) is 2.79. The Morgan fingerprint density at radius 3 is 2.95 bits per heavy atom. The molecule has 1 aromatic heterocycles. The third kappa shape index (κ3) is 3.11. The lowest BCUT2D eigenvalue weighted by Crippen LogP contribution is -2.11. The summed E-state index contributed by atoms with van der Waals surface area (Å²) < 4.78 is 5.74. The van der Waals surface area contributed by atoms with Gasteiger partial charge in [0.25, 0.3) is 0 Å². The zero-order valence-electron chi connectivity index (χ0n) is 11.6. The van der Waals surface area contributed by atoms with Crippen molar-refractivity contribution < 1.29 is 4.74 Å². The van der Waals surface area contributed by atoms with Crippen LogP contribution in [0.4, 0.5) is 5.82 Å². The Morgan fingerprint density at radius 1 is 1.27 bits per heavy atom. The van der Waals surface area contributed by atoms with Gasteiger partial charge in [-0.05, 0) is 37.1 Å². The number of nitrogens with zero attached hydrogens (tertiary/aromatic N) is 2. The van der Waals surface area contributed by atoms with Crippen molar-refractivity contribution in [2.75, 3.05) is 11.9 Å². The van der Waals surface area contributed by atoms with Gasteiger partial charge in [0.05, 0.1) is 17.7 Å². The molecule has 6 heteroatoms. The Bertz CT molecular complexity index is 743. The van der Waals surface area contributed by atoms with Gasteiger partial charge in [-0.3, -0.25) is 0 Å². The maximum atomic E-state index is 9.02. The first-order valence-corrected chi connectivity index (χ1v) is 7.68. The number of nitriles is 1. The van der Waals surface area contributed by atoms with Crippen molar-refractivity contribution >= 4 is 29.0 Å². The van der Waals surface area contributed by atoms with Crippen LogP contribution in [0.5, 0.6) is 5.75 Å². The molecule has 4 nitrogen and oxygen atoms in total. The minimum Gasteiger partial charge on any atom is -0.493 e. The number of hydrogen-bond acceptors (Lipinski definition) is 4. The highest BCUT2D eigenvalue weighted by Gasteiger charge is 2.20. The van der Waals surface area contributed by atoms with E-state index in [0.717, 1.165) is 24.2 Å². The summed E-state index contributed by atoms with van der Waals surface area (Å²) in [7, 11) is 0. The van der Waals surface area contributed by atoms with Gasteiger partial charge in [-0.2, -0.15) is 5.26 Å². The van der Waals surface area contributed by atoms with E-state index in [0.29, 0.717) is 22.5 Å². The Kier molecular flexibility index (Phi) is 4.37. The molecule has 0 bridgehead atoms. The maximum Gasteiger partial charge on any atom is 0.161 e. The van der Waals surface area contributed by atoms with Crippen LogP contribution in [0.15, 0.2) is 30.3 Å². The maximum absolute atomic E-state index is 9.02. The molecule has 1 aromatic carbocycles. The molecule has 1 unspecified atom stereocenters. The van der Waals surface area contributed by atoms with Gasteiger partial charge in [-0.15, -0.1) is 0 Å². The molecule has 0 saturated heterocycles. The number of ether oxygens (including phenoxy) is 1. The van der Waals surface area contributed by atoms with E-state index in [-0.39, 0.29) is 11.7 Å². The first-order chi connectivity index (χ1) is 10.7. The van der Waals surface area contributed by atoms with Crippen molar-refractivity contribution in [2.24, 2.45) is 0 Å². The average Bonchev–Trinajstić information content (AvgIpc) is 2.71. The highest BCUT2D eigenvalue weighted by atomic mass is 35.5. The summed E-state index contributed by atoms with van der Waals surface area (Å²) in [5.74, 6) is 1.41. The van der Waals surface area contributed by atoms with Gasteiger partial charge in [0, 0.05) is 10.6 Å². The molecule has 112 valence electrons. The predicted octanol–water partition coefficient (Wildman–Crippen LogP) is 4.59. The van der Waals surface area contributed by atoms with Crippen molar-refractivity contribution in [3.8, 4) is 11.8 Å². The molecule has 1 aliphatic heterocycles. The van der Waals surface area contributed by atoms with E-state index in [9.17, 15) is 0 Å². The Balaban J connectivity index is 1.91. The summed E-state index contributed by atoms with van der Waals surface area (Å²) in [5.41, 5.74) is 1.25. The Morgan fingerprint density at radius 2 is 2.14 bits per heavy atom.